The maximum Gasteiger partial charge on any atom is 0.416 e. The standard InChI is InChI=1S/C20H26F3N3O2.ClH/c1-19(5-7-24-8-6-19)13-25-18(28)15-10-17(27)26(12-15)11-14-3-2-4-16(9-14)20(21,22)23;/h2-4,9,15,24H,5-8,10-13H2,1H3,(H,25,28);1H. The monoisotopic (exact) mass is 433 g/mol. The highest BCUT2D eigenvalue weighted by Gasteiger charge is 2.36. The number of rotatable bonds is 5. The summed E-state index contributed by atoms with van der Waals surface area (Å²) in [5.74, 6) is -0.811. The Hall–Kier alpha value is -1.80. The Morgan fingerprint density at radius 2 is 2.00 bits per heavy atom. The fraction of sp³-hybridized carbons (Fsp3) is 0.600. The summed E-state index contributed by atoms with van der Waals surface area (Å²) in [4.78, 5) is 26.2. The van der Waals surface area contributed by atoms with Gasteiger partial charge < -0.3 is 15.5 Å². The van der Waals surface area contributed by atoms with Crippen molar-refractivity contribution in [1.29, 1.82) is 0 Å². The SMILES string of the molecule is CC1(CNC(=O)C2CC(=O)N(Cc3cccc(C(F)(F)F)c3)C2)CCNCC1.Cl. The molecule has 1 unspecified atom stereocenters. The van der Waals surface area contributed by atoms with Gasteiger partial charge >= 0.3 is 6.18 Å². The predicted molar refractivity (Wildman–Crippen MR) is 105 cm³/mol. The van der Waals surface area contributed by atoms with Gasteiger partial charge in [0.25, 0.3) is 0 Å². The van der Waals surface area contributed by atoms with E-state index in [-0.39, 0.29) is 49.1 Å². The van der Waals surface area contributed by atoms with Crippen LogP contribution in [0.15, 0.2) is 24.3 Å². The molecule has 0 aromatic heterocycles. The van der Waals surface area contributed by atoms with Crippen LogP contribution in [0.4, 0.5) is 13.2 Å². The smallest absolute Gasteiger partial charge is 0.355 e. The van der Waals surface area contributed by atoms with Gasteiger partial charge in [-0.05, 0) is 49.0 Å². The maximum atomic E-state index is 12.9. The number of alkyl halides is 3. The largest absolute Gasteiger partial charge is 0.416 e. The molecule has 0 spiro atoms. The van der Waals surface area contributed by atoms with Crippen LogP contribution >= 0.6 is 12.4 Å². The van der Waals surface area contributed by atoms with Crippen LogP contribution in [0.5, 0.6) is 0 Å². The minimum atomic E-state index is -4.42. The van der Waals surface area contributed by atoms with Gasteiger partial charge in [-0.2, -0.15) is 13.2 Å². The lowest BCUT2D eigenvalue weighted by Gasteiger charge is -2.34. The van der Waals surface area contributed by atoms with Gasteiger partial charge in [-0.25, -0.2) is 0 Å². The molecule has 2 N–H and O–H groups in total. The van der Waals surface area contributed by atoms with E-state index in [1.165, 1.54) is 11.0 Å². The van der Waals surface area contributed by atoms with Gasteiger partial charge in [0.15, 0.2) is 0 Å². The van der Waals surface area contributed by atoms with Gasteiger partial charge in [0.2, 0.25) is 11.8 Å². The number of carbonyl (C=O) groups is 2. The quantitative estimate of drug-likeness (QED) is 0.750. The number of hydrogen-bond acceptors (Lipinski definition) is 3. The number of piperidine rings is 1. The summed E-state index contributed by atoms with van der Waals surface area (Å²) < 4.78 is 38.6. The molecule has 0 aliphatic carbocycles. The minimum Gasteiger partial charge on any atom is -0.355 e. The first-order chi connectivity index (χ1) is 13.2. The fourth-order valence-corrected chi connectivity index (χ4v) is 3.82. The van der Waals surface area contributed by atoms with Crippen molar-refractivity contribution in [3.8, 4) is 0 Å². The molecular formula is C20H27ClF3N3O2. The Bertz CT molecular complexity index is 736. The number of amides is 2. The van der Waals surface area contributed by atoms with E-state index < -0.39 is 17.7 Å². The molecule has 1 aromatic rings. The average molecular weight is 434 g/mol. The Morgan fingerprint density at radius 1 is 1.31 bits per heavy atom. The number of nitrogens with zero attached hydrogens (tertiary/aromatic N) is 1. The highest BCUT2D eigenvalue weighted by molar-refractivity contribution is 5.89. The molecule has 162 valence electrons. The van der Waals surface area contributed by atoms with Crippen LogP contribution in [0, 0.1) is 11.3 Å². The van der Waals surface area contributed by atoms with Crippen LogP contribution in [-0.2, 0) is 22.3 Å². The first kappa shape index (κ1) is 23.5. The lowest BCUT2D eigenvalue weighted by atomic mass is 9.81. The molecule has 0 radical (unpaired) electrons. The van der Waals surface area contributed by atoms with Gasteiger partial charge in [0.1, 0.15) is 0 Å². The summed E-state index contributed by atoms with van der Waals surface area (Å²) >= 11 is 0. The van der Waals surface area contributed by atoms with Crippen molar-refractivity contribution in [2.45, 2.75) is 38.9 Å². The third-order valence-corrected chi connectivity index (χ3v) is 5.71. The van der Waals surface area contributed by atoms with E-state index in [1.54, 1.807) is 6.07 Å². The van der Waals surface area contributed by atoms with Crippen LogP contribution in [-0.4, -0.2) is 42.9 Å². The van der Waals surface area contributed by atoms with Crippen molar-refractivity contribution in [3.63, 3.8) is 0 Å². The van der Waals surface area contributed by atoms with E-state index >= 15 is 0 Å². The second kappa shape index (κ2) is 9.34. The van der Waals surface area contributed by atoms with Crippen LogP contribution in [0.25, 0.3) is 0 Å². The summed E-state index contributed by atoms with van der Waals surface area (Å²) in [5, 5.41) is 6.27. The normalized spacial score (nSPS) is 21.6. The summed E-state index contributed by atoms with van der Waals surface area (Å²) in [7, 11) is 0. The third-order valence-electron chi connectivity index (χ3n) is 5.71. The fourth-order valence-electron chi connectivity index (χ4n) is 3.82. The average Bonchev–Trinajstić information content (AvgIpc) is 3.01. The molecule has 2 amide bonds. The minimum absolute atomic E-state index is 0. The van der Waals surface area contributed by atoms with Crippen molar-refractivity contribution < 1.29 is 22.8 Å². The number of benzene rings is 1. The molecule has 2 heterocycles. The number of likely N-dealkylation sites (tertiary alicyclic amines) is 1. The summed E-state index contributed by atoms with van der Waals surface area (Å²) in [5.41, 5.74) is -0.270. The van der Waals surface area contributed by atoms with E-state index in [2.05, 4.69) is 17.6 Å². The van der Waals surface area contributed by atoms with E-state index in [9.17, 15) is 22.8 Å². The molecule has 9 heteroatoms. The van der Waals surface area contributed by atoms with Crippen molar-refractivity contribution in [3.05, 3.63) is 35.4 Å². The second-order valence-electron chi connectivity index (χ2n) is 8.15. The molecule has 1 atom stereocenters. The number of nitrogens with one attached hydrogen (secondary N) is 2. The summed E-state index contributed by atoms with van der Waals surface area (Å²) in [6.45, 7) is 4.90. The number of carbonyl (C=O) groups excluding carboxylic acids is 2. The van der Waals surface area contributed by atoms with Crippen LogP contribution in [0.2, 0.25) is 0 Å². The van der Waals surface area contributed by atoms with E-state index in [0.29, 0.717) is 12.1 Å². The number of halogens is 4. The van der Waals surface area contributed by atoms with Crippen LogP contribution in [0.1, 0.15) is 37.3 Å². The topological polar surface area (TPSA) is 61.4 Å². The Kier molecular flexibility index (Phi) is 7.56. The highest BCUT2D eigenvalue weighted by Crippen LogP contribution is 2.30. The van der Waals surface area contributed by atoms with E-state index in [1.807, 2.05) is 0 Å². The van der Waals surface area contributed by atoms with Crippen LogP contribution in [0.3, 0.4) is 0 Å². The molecule has 5 nitrogen and oxygen atoms in total. The zero-order valence-electron chi connectivity index (χ0n) is 16.3. The summed E-state index contributed by atoms with van der Waals surface area (Å²) in [6, 6.07) is 4.96. The highest BCUT2D eigenvalue weighted by atomic mass is 35.5. The Labute approximate surface area is 174 Å². The molecule has 0 saturated carbocycles. The van der Waals surface area contributed by atoms with Gasteiger partial charge in [-0.1, -0.05) is 19.1 Å². The van der Waals surface area contributed by atoms with E-state index in [0.717, 1.165) is 38.1 Å². The first-order valence-corrected chi connectivity index (χ1v) is 9.59. The van der Waals surface area contributed by atoms with E-state index in [4.69, 9.17) is 0 Å². The Balaban J connectivity index is 0.00000300. The molecule has 2 saturated heterocycles. The van der Waals surface area contributed by atoms with Crippen molar-refractivity contribution in [2.75, 3.05) is 26.2 Å². The van der Waals surface area contributed by atoms with Crippen molar-refractivity contribution in [1.82, 2.24) is 15.5 Å². The lowest BCUT2D eigenvalue weighted by molar-refractivity contribution is -0.137. The van der Waals surface area contributed by atoms with Gasteiger partial charge in [-0.15, -0.1) is 12.4 Å². The molecule has 1 aromatic carbocycles. The molecular weight excluding hydrogens is 407 g/mol. The second-order valence-corrected chi connectivity index (χ2v) is 8.15. The molecule has 2 aliphatic heterocycles. The van der Waals surface area contributed by atoms with Gasteiger partial charge in [0.05, 0.1) is 11.5 Å². The molecule has 3 rings (SSSR count). The predicted octanol–water partition coefficient (Wildman–Crippen LogP) is 2.98. The summed E-state index contributed by atoms with van der Waals surface area (Å²) in [6.07, 6.45) is -2.35. The zero-order chi connectivity index (χ0) is 20.4. The van der Waals surface area contributed by atoms with Crippen molar-refractivity contribution >= 4 is 24.2 Å². The van der Waals surface area contributed by atoms with Gasteiger partial charge in [0, 0.05) is 26.1 Å². The van der Waals surface area contributed by atoms with Gasteiger partial charge in [-0.3, -0.25) is 9.59 Å². The molecule has 2 aliphatic rings. The first-order valence-electron chi connectivity index (χ1n) is 9.59. The maximum absolute atomic E-state index is 12.9. The molecule has 29 heavy (non-hydrogen) atoms. The van der Waals surface area contributed by atoms with Crippen molar-refractivity contribution in [2.24, 2.45) is 11.3 Å². The molecule has 2 fully saturated rings. The molecule has 0 bridgehead atoms. The zero-order valence-corrected chi connectivity index (χ0v) is 17.2. The third kappa shape index (κ3) is 6.09. The van der Waals surface area contributed by atoms with Crippen LogP contribution < -0.4 is 10.6 Å². The lowest BCUT2D eigenvalue weighted by Crippen LogP contribution is -2.44. The number of hydrogen-bond donors (Lipinski definition) is 2. The Morgan fingerprint density at radius 3 is 2.66 bits per heavy atom.